The number of aliphatic carboxylic acids is 1. The molecule has 0 aliphatic carbocycles. The van der Waals surface area contributed by atoms with Crippen molar-refractivity contribution in [2.45, 2.75) is 13.3 Å². The molecule has 1 atom stereocenters. The molecule has 0 amide bonds. The van der Waals surface area contributed by atoms with Crippen LogP contribution in [0.5, 0.6) is 0 Å². The molecule has 0 aliphatic rings. The van der Waals surface area contributed by atoms with E-state index in [1.807, 2.05) is 31.2 Å². The third-order valence-electron chi connectivity index (χ3n) is 2.20. The number of hydrogen-bond acceptors (Lipinski definition) is 2. The largest absolute Gasteiger partial charge is 0.481 e. The van der Waals surface area contributed by atoms with Crippen LogP contribution < -0.4 is 5.73 Å². The van der Waals surface area contributed by atoms with Gasteiger partial charge in [0, 0.05) is 6.54 Å². The Kier molecular flexibility index (Phi) is 5.97. The van der Waals surface area contributed by atoms with Crippen molar-refractivity contribution in [2.24, 2.45) is 11.7 Å². The Morgan fingerprint density at radius 3 is 2.67 bits per heavy atom. The summed E-state index contributed by atoms with van der Waals surface area (Å²) in [4.78, 5) is 10.7. The second kappa shape index (κ2) is 6.43. The molecule has 15 heavy (non-hydrogen) atoms. The zero-order valence-electron chi connectivity index (χ0n) is 8.64. The van der Waals surface area contributed by atoms with Gasteiger partial charge >= 0.3 is 5.97 Å². The molecule has 0 spiro atoms. The fraction of sp³-hybridized carbons (Fsp3) is 0.364. The van der Waals surface area contributed by atoms with E-state index < -0.39 is 11.9 Å². The molecule has 3 nitrogen and oxygen atoms in total. The second-order valence-electron chi connectivity index (χ2n) is 3.46. The fourth-order valence-corrected chi connectivity index (χ4v) is 1.40. The number of halogens is 1. The summed E-state index contributed by atoms with van der Waals surface area (Å²) in [7, 11) is 0. The van der Waals surface area contributed by atoms with E-state index >= 15 is 0 Å². The predicted octanol–water partition coefficient (Wildman–Crippen LogP) is 1.62. The first kappa shape index (κ1) is 13.9. The van der Waals surface area contributed by atoms with E-state index in [1.54, 1.807) is 0 Å². The van der Waals surface area contributed by atoms with Gasteiger partial charge in [-0.05, 0) is 18.9 Å². The molecule has 0 aromatic heterocycles. The van der Waals surface area contributed by atoms with Gasteiger partial charge in [0.25, 0.3) is 0 Å². The molecule has 0 saturated carbocycles. The summed E-state index contributed by atoms with van der Waals surface area (Å²) in [6.07, 6.45) is 0.507. The minimum atomic E-state index is -0.825. The molecule has 0 bridgehead atoms. The third-order valence-corrected chi connectivity index (χ3v) is 2.20. The molecule has 1 rings (SSSR count). The summed E-state index contributed by atoms with van der Waals surface area (Å²) in [5.74, 6) is -1.30. The van der Waals surface area contributed by atoms with E-state index in [-0.39, 0.29) is 19.0 Å². The fourth-order valence-electron chi connectivity index (χ4n) is 1.40. The van der Waals surface area contributed by atoms with Gasteiger partial charge in [0.2, 0.25) is 0 Å². The predicted molar refractivity (Wildman–Crippen MR) is 62.3 cm³/mol. The van der Waals surface area contributed by atoms with Gasteiger partial charge in [0.05, 0.1) is 5.92 Å². The standard InChI is InChI=1S/C11H15NO2.ClH/c1-8-3-2-4-9(5-8)6-10(7-12)11(13)14;/h2-5,10H,6-7,12H2,1H3,(H,13,14);1H/t10-;/m0./s1. The molecule has 4 heteroatoms. The van der Waals surface area contributed by atoms with Crippen molar-refractivity contribution in [1.82, 2.24) is 0 Å². The van der Waals surface area contributed by atoms with E-state index in [2.05, 4.69) is 0 Å². The van der Waals surface area contributed by atoms with Gasteiger partial charge in [-0.2, -0.15) is 0 Å². The van der Waals surface area contributed by atoms with E-state index in [0.29, 0.717) is 6.42 Å². The van der Waals surface area contributed by atoms with Crippen molar-refractivity contribution in [3.05, 3.63) is 35.4 Å². The number of aryl methyl sites for hydroxylation is 1. The Bertz CT molecular complexity index is 328. The van der Waals surface area contributed by atoms with Crippen LogP contribution in [0.15, 0.2) is 24.3 Å². The van der Waals surface area contributed by atoms with Gasteiger partial charge in [-0.25, -0.2) is 0 Å². The number of hydrogen-bond donors (Lipinski definition) is 2. The van der Waals surface area contributed by atoms with E-state index in [1.165, 1.54) is 0 Å². The first-order valence-corrected chi connectivity index (χ1v) is 4.62. The highest BCUT2D eigenvalue weighted by molar-refractivity contribution is 5.85. The maximum absolute atomic E-state index is 10.7. The van der Waals surface area contributed by atoms with Crippen molar-refractivity contribution < 1.29 is 9.90 Å². The van der Waals surface area contributed by atoms with Crippen LogP contribution in [0, 0.1) is 12.8 Å². The van der Waals surface area contributed by atoms with E-state index in [0.717, 1.165) is 11.1 Å². The van der Waals surface area contributed by atoms with Crippen LogP contribution in [0.3, 0.4) is 0 Å². The van der Waals surface area contributed by atoms with Gasteiger partial charge in [-0.3, -0.25) is 4.79 Å². The Morgan fingerprint density at radius 2 is 2.20 bits per heavy atom. The number of rotatable bonds is 4. The van der Waals surface area contributed by atoms with Crippen molar-refractivity contribution in [2.75, 3.05) is 6.54 Å². The van der Waals surface area contributed by atoms with E-state index in [9.17, 15) is 4.79 Å². The molecule has 0 unspecified atom stereocenters. The SMILES string of the molecule is Cc1cccc(C[C@@H](CN)C(=O)O)c1.Cl. The molecule has 0 fully saturated rings. The van der Waals surface area contributed by atoms with Gasteiger partial charge in [-0.1, -0.05) is 29.8 Å². The molecule has 0 radical (unpaired) electrons. The lowest BCUT2D eigenvalue weighted by molar-refractivity contribution is -0.141. The summed E-state index contributed by atoms with van der Waals surface area (Å²) in [6.45, 7) is 2.17. The molecule has 1 aromatic carbocycles. The lowest BCUT2D eigenvalue weighted by Gasteiger charge is -2.09. The summed E-state index contributed by atoms with van der Waals surface area (Å²) < 4.78 is 0. The zero-order chi connectivity index (χ0) is 10.6. The maximum Gasteiger partial charge on any atom is 0.308 e. The molecule has 1 aromatic rings. The lowest BCUT2D eigenvalue weighted by atomic mass is 9.98. The molecule has 0 saturated heterocycles. The Morgan fingerprint density at radius 1 is 1.53 bits per heavy atom. The number of nitrogens with two attached hydrogens (primary N) is 1. The van der Waals surface area contributed by atoms with Gasteiger partial charge in [-0.15, -0.1) is 12.4 Å². The quantitative estimate of drug-likeness (QED) is 0.825. The smallest absolute Gasteiger partial charge is 0.308 e. The number of carbonyl (C=O) groups is 1. The highest BCUT2D eigenvalue weighted by atomic mass is 35.5. The molecular weight excluding hydrogens is 214 g/mol. The Labute approximate surface area is 95.7 Å². The van der Waals surface area contributed by atoms with Gasteiger partial charge in [0.1, 0.15) is 0 Å². The monoisotopic (exact) mass is 229 g/mol. The highest BCUT2D eigenvalue weighted by Crippen LogP contribution is 2.10. The van der Waals surface area contributed by atoms with Crippen LogP contribution in [0.2, 0.25) is 0 Å². The van der Waals surface area contributed by atoms with Crippen LogP contribution in [0.25, 0.3) is 0 Å². The molecule has 3 N–H and O–H groups in total. The average molecular weight is 230 g/mol. The highest BCUT2D eigenvalue weighted by Gasteiger charge is 2.15. The third kappa shape index (κ3) is 4.32. The normalized spacial score (nSPS) is 11.6. The van der Waals surface area contributed by atoms with Crippen molar-refractivity contribution in [3.8, 4) is 0 Å². The van der Waals surface area contributed by atoms with Crippen LogP contribution in [0.4, 0.5) is 0 Å². The van der Waals surface area contributed by atoms with Crippen LogP contribution in [-0.2, 0) is 11.2 Å². The minimum Gasteiger partial charge on any atom is -0.481 e. The summed E-state index contributed by atoms with van der Waals surface area (Å²) in [5.41, 5.74) is 7.55. The number of carboxylic acids is 1. The summed E-state index contributed by atoms with van der Waals surface area (Å²) in [5, 5.41) is 8.82. The van der Waals surface area contributed by atoms with E-state index in [4.69, 9.17) is 10.8 Å². The number of carboxylic acid groups (broad SMARTS) is 1. The topological polar surface area (TPSA) is 63.3 Å². The van der Waals surface area contributed by atoms with Crippen molar-refractivity contribution in [1.29, 1.82) is 0 Å². The Hall–Kier alpha value is -1.06. The van der Waals surface area contributed by atoms with Crippen LogP contribution >= 0.6 is 12.4 Å². The van der Waals surface area contributed by atoms with Crippen molar-refractivity contribution >= 4 is 18.4 Å². The summed E-state index contributed by atoms with van der Waals surface area (Å²) in [6, 6.07) is 7.84. The number of benzene rings is 1. The average Bonchev–Trinajstić information content (AvgIpc) is 2.14. The van der Waals surface area contributed by atoms with Crippen molar-refractivity contribution in [3.63, 3.8) is 0 Å². The molecule has 84 valence electrons. The lowest BCUT2D eigenvalue weighted by Crippen LogP contribution is -2.25. The van der Waals surface area contributed by atoms with Crippen LogP contribution in [0.1, 0.15) is 11.1 Å². The second-order valence-corrected chi connectivity index (χ2v) is 3.46. The summed E-state index contributed by atoms with van der Waals surface area (Å²) >= 11 is 0. The molecule has 0 aliphatic heterocycles. The Balaban J connectivity index is 0.00000196. The molecular formula is C11H16ClNO2. The minimum absolute atomic E-state index is 0. The molecule has 0 heterocycles. The van der Waals surface area contributed by atoms with Gasteiger partial charge < -0.3 is 10.8 Å². The zero-order valence-corrected chi connectivity index (χ0v) is 9.46. The first-order valence-electron chi connectivity index (χ1n) is 4.62. The van der Waals surface area contributed by atoms with Gasteiger partial charge in [0.15, 0.2) is 0 Å². The first-order chi connectivity index (χ1) is 6.63. The van der Waals surface area contributed by atoms with Crippen LogP contribution in [-0.4, -0.2) is 17.6 Å². The maximum atomic E-state index is 10.7.